The smallest absolute Gasteiger partial charge is 0.308 e. The van der Waals surface area contributed by atoms with Gasteiger partial charge >= 0.3 is 5.97 Å². The Morgan fingerprint density at radius 2 is 1.88 bits per heavy atom. The van der Waals surface area contributed by atoms with E-state index >= 15 is 0 Å². The van der Waals surface area contributed by atoms with E-state index in [1.807, 2.05) is 6.92 Å². The van der Waals surface area contributed by atoms with Gasteiger partial charge in [0.15, 0.2) is 0 Å². The number of carbonyl (C=O) groups is 1. The number of esters is 1. The van der Waals surface area contributed by atoms with Crippen LogP contribution in [0.25, 0.3) is 0 Å². The molecule has 3 nitrogen and oxygen atoms in total. The van der Waals surface area contributed by atoms with Gasteiger partial charge in [-0.1, -0.05) is 20.8 Å². The predicted octanol–water partition coefficient (Wildman–Crippen LogP) is 2.76. The maximum Gasteiger partial charge on any atom is 0.308 e. The highest BCUT2D eigenvalue weighted by Crippen LogP contribution is 2.41. The monoisotopic (exact) mass is 242 g/mol. The minimum Gasteiger partial charge on any atom is -0.469 e. The second kappa shape index (κ2) is 5.85. The molecule has 1 atom stereocenters. The zero-order valence-electron chi connectivity index (χ0n) is 11.5. The Kier molecular flexibility index (Phi) is 4.99. The lowest BCUT2D eigenvalue weighted by molar-refractivity contribution is -0.148. The highest BCUT2D eigenvalue weighted by Gasteiger charge is 2.40. The first kappa shape index (κ1) is 14.5. The van der Waals surface area contributed by atoms with Gasteiger partial charge in [-0.25, -0.2) is 0 Å². The van der Waals surface area contributed by atoms with Crippen molar-refractivity contribution in [3.05, 3.63) is 0 Å². The molecule has 0 aromatic rings. The van der Waals surface area contributed by atoms with Crippen LogP contribution in [-0.4, -0.2) is 23.8 Å². The summed E-state index contributed by atoms with van der Waals surface area (Å²) in [4.78, 5) is 11.4. The van der Waals surface area contributed by atoms with Crippen LogP contribution < -0.4 is 0 Å². The first-order valence-electron chi connectivity index (χ1n) is 6.75. The first-order chi connectivity index (χ1) is 7.95. The number of carbonyl (C=O) groups excluding carboxylic acids is 1. The zero-order valence-corrected chi connectivity index (χ0v) is 11.5. The summed E-state index contributed by atoms with van der Waals surface area (Å²) in [6.07, 6.45) is 4.36. The molecule has 1 rings (SSSR count). The third kappa shape index (κ3) is 3.01. The van der Waals surface area contributed by atoms with Crippen LogP contribution in [0.2, 0.25) is 0 Å². The van der Waals surface area contributed by atoms with Crippen molar-refractivity contribution >= 4 is 5.97 Å². The Bertz CT molecular complexity index is 254. The van der Waals surface area contributed by atoms with Gasteiger partial charge in [0, 0.05) is 0 Å². The van der Waals surface area contributed by atoms with Gasteiger partial charge in [-0.3, -0.25) is 4.79 Å². The lowest BCUT2D eigenvalue weighted by Crippen LogP contribution is -2.44. The Balaban J connectivity index is 2.59. The fraction of sp³-hybridized carbons (Fsp3) is 0.929. The molecule has 0 spiro atoms. The lowest BCUT2D eigenvalue weighted by atomic mass is 9.68. The molecule has 1 aliphatic carbocycles. The molecule has 17 heavy (non-hydrogen) atoms. The zero-order chi connectivity index (χ0) is 13.1. The molecule has 0 aromatic carbocycles. The molecule has 0 amide bonds. The molecule has 3 heteroatoms. The van der Waals surface area contributed by atoms with Crippen LogP contribution in [0.3, 0.4) is 0 Å². The van der Waals surface area contributed by atoms with E-state index in [4.69, 9.17) is 4.74 Å². The van der Waals surface area contributed by atoms with Crippen molar-refractivity contribution in [2.75, 3.05) is 7.11 Å². The minimum atomic E-state index is -0.568. The largest absolute Gasteiger partial charge is 0.469 e. The van der Waals surface area contributed by atoms with E-state index < -0.39 is 5.60 Å². The molecule has 1 saturated carbocycles. The molecule has 1 fully saturated rings. The van der Waals surface area contributed by atoms with Crippen molar-refractivity contribution in [1.82, 2.24) is 0 Å². The van der Waals surface area contributed by atoms with Crippen molar-refractivity contribution in [2.45, 2.75) is 58.5 Å². The molecule has 1 unspecified atom stereocenters. The second-order valence-electron chi connectivity index (χ2n) is 5.57. The molecule has 0 aliphatic heterocycles. The van der Waals surface area contributed by atoms with Gasteiger partial charge in [0.2, 0.25) is 0 Å². The fourth-order valence-corrected chi connectivity index (χ4v) is 3.16. The van der Waals surface area contributed by atoms with Crippen LogP contribution in [0.15, 0.2) is 0 Å². The van der Waals surface area contributed by atoms with E-state index in [0.717, 1.165) is 32.1 Å². The second-order valence-corrected chi connectivity index (χ2v) is 5.57. The molecule has 0 bridgehead atoms. The normalized spacial score (nSPS) is 28.8. The molecule has 1 N–H and O–H groups in total. The van der Waals surface area contributed by atoms with Gasteiger partial charge < -0.3 is 9.84 Å². The summed E-state index contributed by atoms with van der Waals surface area (Å²) in [5, 5.41) is 10.7. The number of aliphatic hydroxyl groups is 1. The van der Waals surface area contributed by atoms with E-state index in [1.165, 1.54) is 7.11 Å². The quantitative estimate of drug-likeness (QED) is 0.771. The van der Waals surface area contributed by atoms with Gasteiger partial charge in [0.05, 0.1) is 18.6 Å². The van der Waals surface area contributed by atoms with Gasteiger partial charge in [0.25, 0.3) is 0 Å². The highest BCUT2D eigenvalue weighted by molar-refractivity contribution is 5.72. The fourth-order valence-electron chi connectivity index (χ4n) is 3.16. The SMILES string of the molecule is CCC(O)(C(C)C)C1CCC(C(=O)OC)CC1. The first-order valence-corrected chi connectivity index (χ1v) is 6.75. The summed E-state index contributed by atoms with van der Waals surface area (Å²) in [5.41, 5.74) is -0.568. The van der Waals surface area contributed by atoms with Crippen molar-refractivity contribution in [3.8, 4) is 0 Å². The van der Waals surface area contributed by atoms with Crippen LogP contribution in [0.4, 0.5) is 0 Å². The van der Waals surface area contributed by atoms with E-state index in [1.54, 1.807) is 0 Å². The van der Waals surface area contributed by atoms with Crippen LogP contribution in [-0.2, 0) is 9.53 Å². The summed E-state index contributed by atoms with van der Waals surface area (Å²) in [6.45, 7) is 6.21. The van der Waals surface area contributed by atoms with Gasteiger partial charge in [-0.2, -0.15) is 0 Å². The molecule has 0 radical (unpaired) electrons. The summed E-state index contributed by atoms with van der Waals surface area (Å²) >= 11 is 0. The number of methoxy groups -OCH3 is 1. The molecule has 100 valence electrons. The van der Waals surface area contributed by atoms with E-state index in [0.29, 0.717) is 5.92 Å². The summed E-state index contributed by atoms with van der Waals surface area (Å²) in [7, 11) is 1.45. The van der Waals surface area contributed by atoms with Crippen LogP contribution in [0, 0.1) is 17.8 Å². The van der Waals surface area contributed by atoms with Crippen molar-refractivity contribution in [1.29, 1.82) is 0 Å². The highest BCUT2D eigenvalue weighted by atomic mass is 16.5. The van der Waals surface area contributed by atoms with Crippen molar-refractivity contribution in [3.63, 3.8) is 0 Å². The topological polar surface area (TPSA) is 46.5 Å². The molecular formula is C14H26O3. The third-order valence-corrected chi connectivity index (χ3v) is 4.53. The van der Waals surface area contributed by atoms with Crippen LogP contribution in [0.1, 0.15) is 52.9 Å². The summed E-state index contributed by atoms with van der Waals surface area (Å²) in [5.74, 6) is 0.554. The van der Waals surface area contributed by atoms with Gasteiger partial charge in [-0.15, -0.1) is 0 Å². The number of hydrogen-bond acceptors (Lipinski definition) is 3. The lowest BCUT2D eigenvalue weighted by Gasteiger charge is -2.42. The minimum absolute atomic E-state index is 0.0459. The molecule has 1 aliphatic rings. The Morgan fingerprint density at radius 1 is 1.35 bits per heavy atom. The standard InChI is InChI=1S/C14H26O3/c1-5-14(16,10(2)3)12-8-6-11(7-9-12)13(15)17-4/h10-12,16H,5-9H2,1-4H3. The van der Waals surface area contributed by atoms with E-state index in [2.05, 4.69) is 13.8 Å². The number of hydrogen-bond donors (Lipinski definition) is 1. The van der Waals surface area contributed by atoms with Crippen molar-refractivity contribution < 1.29 is 14.6 Å². The third-order valence-electron chi connectivity index (χ3n) is 4.53. The van der Waals surface area contributed by atoms with Crippen molar-refractivity contribution in [2.24, 2.45) is 17.8 Å². The van der Waals surface area contributed by atoms with E-state index in [-0.39, 0.29) is 17.8 Å². The Labute approximate surface area is 105 Å². The Hall–Kier alpha value is -0.570. The molecule has 0 heterocycles. The average molecular weight is 242 g/mol. The number of rotatable bonds is 4. The maximum absolute atomic E-state index is 11.4. The Morgan fingerprint density at radius 3 is 2.24 bits per heavy atom. The van der Waals surface area contributed by atoms with E-state index in [9.17, 15) is 9.90 Å². The summed E-state index contributed by atoms with van der Waals surface area (Å²) in [6, 6.07) is 0. The predicted molar refractivity (Wildman–Crippen MR) is 67.5 cm³/mol. The molecular weight excluding hydrogens is 216 g/mol. The van der Waals surface area contributed by atoms with Crippen LogP contribution in [0.5, 0.6) is 0 Å². The average Bonchev–Trinajstić information content (AvgIpc) is 2.36. The van der Waals surface area contributed by atoms with Gasteiger partial charge in [-0.05, 0) is 43.9 Å². The molecule has 0 aromatic heterocycles. The van der Waals surface area contributed by atoms with Crippen LogP contribution >= 0.6 is 0 Å². The maximum atomic E-state index is 11.4. The summed E-state index contributed by atoms with van der Waals surface area (Å²) < 4.78 is 4.78. The molecule has 0 saturated heterocycles. The number of ether oxygens (including phenoxy) is 1. The van der Waals surface area contributed by atoms with Gasteiger partial charge in [0.1, 0.15) is 0 Å².